The van der Waals surface area contributed by atoms with E-state index in [1.54, 1.807) is 6.20 Å². The van der Waals surface area contributed by atoms with Gasteiger partial charge in [0.05, 0.1) is 5.69 Å². The van der Waals surface area contributed by atoms with Crippen molar-refractivity contribution in [2.24, 2.45) is 17.8 Å². The molecule has 4 heteroatoms. The van der Waals surface area contributed by atoms with E-state index in [9.17, 15) is 9.90 Å². The van der Waals surface area contributed by atoms with Gasteiger partial charge in [0, 0.05) is 17.9 Å². The van der Waals surface area contributed by atoms with Gasteiger partial charge in [-0.3, -0.25) is 4.98 Å². The van der Waals surface area contributed by atoms with Gasteiger partial charge in [-0.25, -0.2) is 4.79 Å². The third-order valence-electron chi connectivity index (χ3n) is 5.49. The molecule has 0 amide bonds. The van der Waals surface area contributed by atoms with Gasteiger partial charge in [-0.05, 0) is 62.3 Å². The summed E-state index contributed by atoms with van der Waals surface area (Å²) in [7, 11) is 0. The molecule has 4 aliphatic rings. The zero-order valence-corrected chi connectivity index (χ0v) is 11.5. The van der Waals surface area contributed by atoms with E-state index in [4.69, 9.17) is 0 Å². The molecule has 1 heterocycles. The van der Waals surface area contributed by atoms with Crippen LogP contribution in [0.3, 0.4) is 0 Å². The predicted octanol–water partition coefficient (Wildman–Crippen LogP) is 3.16. The Hall–Kier alpha value is -1.58. The Morgan fingerprint density at radius 1 is 1.20 bits per heavy atom. The molecule has 0 aromatic carbocycles. The zero-order chi connectivity index (χ0) is 13.7. The number of hydrogen-bond acceptors (Lipinski definition) is 3. The van der Waals surface area contributed by atoms with Crippen LogP contribution < -0.4 is 5.32 Å². The lowest BCUT2D eigenvalue weighted by Crippen LogP contribution is -2.54. The minimum Gasteiger partial charge on any atom is -0.478 e. The molecule has 2 N–H and O–H groups in total. The molecular weight excluding hydrogens is 252 g/mol. The molecule has 0 atom stereocenters. The molecule has 5 rings (SSSR count). The molecule has 4 fully saturated rings. The van der Waals surface area contributed by atoms with Gasteiger partial charge in [0.25, 0.3) is 0 Å². The molecule has 4 aliphatic carbocycles. The van der Waals surface area contributed by atoms with Gasteiger partial charge >= 0.3 is 5.97 Å². The van der Waals surface area contributed by atoms with Crippen molar-refractivity contribution in [3.05, 3.63) is 24.0 Å². The molecule has 0 saturated heterocycles. The molecule has 4 saturated carbocycles. The fraction of sp³-hybridized carbons (Fsp3) is 0.625. The minimum absolute atomic E-state index is 0.139. The Labute approximate surface area is 118 Å². The van der Waals surface area contributed by atoms with Gasteiger partial charge in [0.2, 0.25) is 0 Å². The van der Waals surface area contributed by atoms with E-state index in [1.807, 2.05) is 6.07 Å². The molecule has 106 valence electrons. The van der Waals surface area contributed by atoms with Crippen molar-refractivity contribution < 1.29 is 9.90 Å². The first-order valence-corrected chi connectivity index (χ1v) is 7.59. The van der Waals surface area contributed by atoms with Gasteiger partial charge in [0.1, 0.15) is 5.56 Å². The fourth-order valence-electron chi connectivity index (χ4n) is 5.22. The summed E-state index contributed by atoms with van der Waals surface area (Å²) in [6, 6.07) is 1.81. The van der Waals surface area contributed by atoms with Crippen molar-refractivity contribution in [1.29, 1.82) is 0 Å². The molecular formula is C16H20N2O2. The molecule has 1 aromatic rings. The van der Waals surface area contributed by atoms with E-state index >= 15 is 0 Å². The topological polar surface area (TPSA) is 62.2 Å². The second-order valence-electron chi connectivity index (χ2n) is 7.05. The van der Waals surface area contributed by atoms with Crippen LogP contribution in [-0.2, 0) is 0 Å². The molecule has 0 unspecified atom stereocenters. The first-order valence-electron chi connectivity index (χ1n) is 7.59. The number of nitrogens with zero attached hydrogens (tertiary/aromatic N) is 1. The SMILES string of the molecule is O=C(O)c1cnccc1NC12CC3CC(CC(C3)C1)C2. The highest BCUT2D eigenvalue weighted by Crippen LogP contribution is 2.56. The summed E-state index contributed by atoms with van der Waals surface area (Å²) in [6.07, 6.45) is 10.9. The lowest BCUT2D eigenvalue weighted by molar-refractivity contribution is 0.0107. The largest absolute Gasteiger partial charge is 0.478 e. The Kier molecular flexibility index (Phi) is 2.56. The summed E-state index contributed by atoms with van der Waals surface area (Å²) in [4.78, 5) is 15.3. The van der Waals surface area contributed by atoms with Crippen LogP contribution in [0.4, 0.5) is 5.69 Å². The summed E-state index contributed by atoms with van der Waals surface area (Å²) in [5, 5.41) is 12.9. The second-order valence-corrected chi connectivity index (χ2v) is 7.05. The number of carboxylic acids is 1. The maximum absolute atomic E-state index is 11.3. The predicted molar refractivity (Wildman–Crippen MR) is 75.7 cm³/mol. The number of anilines is 1. The zero-order valence-electron chi connectivity index (χ0n) is 11.5. The highest BCUT2D eigenvalue weighted by molar-refractivity contribution is 5.93. The highest BCUT2D eigenvalue weighted by Gasteiger charge is 2.51. The molecule has 20 heavy (non-hydrogen) atoms. The van der Waals surface area contributed by atoms with E-state index in [0.717, 1.165) is 23.4 Å². The van der Waals surface area contributed by atoms with Crippen molar-refractivity contribution in [3.8, 4) is 0 Å². The summed E-state index contributed by atoms with van der Waals surface area (Å²) >= 11 is 0. The third-order valence-corrected chi connectivity index (χ3v) is 5.49. The smallest absolute Gasteiger partial charge is 0.339 e. The maximum atomic E-state index is 11.3. The van der Waals surface area contributed by atoms with Crippen LogP contribution in [0.1, 0.15) is 48.9 Å². The van der Waals surface area contributed by atoms with Gasteiger partial charge in [-0.2, -0.15) is 0 Å². The number of pyridine rings is 1. The molecule has 0 aliphatic heterocycles. The maximum Gasteiger partial charge on any atom is 0.339 e. The minimum atomic E-state index is -0.898. The lowest BCUT2D eigenvalue weighted by Gasteiger charge is -2.57. The standard InChI is InChI=1S/C16H20N2O2/c19-15(20)13-9-17-2-1-14(13)18-16-6-10-3-11(7-16)5-12(4-10)8-16/h1-2,9-12H,3-8H2,(H,17,18)(H,19,20). The second kappa shape index (κ2) is 4.21. The van der Waals surface area contributed by atoms with Crippen molar-refractivity contribution in [1.82, 2.24) is 4.98 Å². The summed E-state index contributed by atoms with van der Waals surface area (Å²) in [6.45, 7) is 0. The van der Waals surface area contributed by atoms with Crippen LogP contribution in [0.15, 0.2) is 18.5 Å². The Balaban J connectivity index is 1.64. The Bertz CT molecular complexity index is 520. The van der Waals surface area contributed by atoms with Crippen molar-refractivity contribution in [3.63, 3.8) is 0 Å². The number of rotatable bonds is 3. The number of aromatic nitrogens is 1. The van der Waals surface area contributed by atoms with Crippen molar-refractivity contribution in [2.45, 2.75) is 44.1 Å². The molecule has 4 bridgehead atoms. The van der Waals surface area contributed by atoms with E-state index in [0.29, 0.717) is 5.56 Å². The first-order chi connectivity index (χ1) is 9.63. The highest BCUT2D eigenvalue weighted by atomic mass is 16.4. The van der Waals surface area contributed by atoms with E-state index in [-0.39, 0.29) is 5.54 Å². The first kappa shape index (κ1) is 12.2. The number of carboxylic acid groups (broad SMARTS) is 1. The summed E-state index contributed by atoms with van der Waals surface area (Å²) < 4.78 is 0. The Morgan fingerprint density at radius 3 is 2.35 bits per heavy atom. The summed E-state index contributed by atoms with van der Waals surface area (Å²) in [5.74, 6) is 1.65. The number of nitrogens with one attached hydrogen (secondary N) is 1. The number of hydrogen-bond donors (Lipinski definition) is 2. The third kappa shape index (κ3) is 1.89. The average molecular weight is 272 g/mol. The Morgan fingerprint density at radius 2 is 1.80 bits per heavy atom. The van der Waals surface area contributed by atoms with Gasteiger partial charge < -0.3 is 10.4 Å². The van der Waals surface area contributed by atoms with Crippen molar-refractivity contribution >= 4 is 11.7 Å². The van der Waals surface area contributed by atoms with E-state index in [1.165, 1.54) is 44.7 Å². The molecule has 0 radical (unpaired) electrons. The number of carbonyl (C=O) groups is 1. The lowest BCUT2D eigenvalue weighted by atomic mass is 9.53. The molecule has 0 spiro atoms. The van der Waals surface area contributed by atoms with Crippen LogP contribution in [0.2, 0.25) is 0 Å². The van der Waals surface area contributed by atoms with Gasteiger partial charge in [0.15, 0.2) is 0 Å². The molecule has 1 aromatic heterocycles. The van der Waals surface area contributed by atoms with Crippen LogP contribution >= 0.6 is 0 Å². The van der Waals surface area contributed by atoms with Gasteiger partial charge in [-0.1, -0.05) is 0 Å². The van der Waals surface area contributed by atoms with Crippen LogP contribution in [0, 0.1) is 17.8 Å². The number of aromatic carboxylic acids is 1. The molecule has 4 nitrogen and oxygen atoms in total. The van der Waals surface area contributed by atoms with Gasteiger partial charge in [-0.15, -0.1) is 0 Å². The van der Waals surface area contributed by atoms with Crippen LogP contribution in [0.25, 0.3) is 0 Å². The van der Waals surface area contributed by atoms with Crippen molar-refractivity contribution in [2.75, 3.05) is 5.32 Å². The van der Waals surface area contributed by atoms with E-state index in [2.05, 4.69) is 10.3 Å². The monoisotopic (exact) mass is 272 g/mol. The normalized spacial score (nSPS) is 37.9. The average Bonchev–Trinajstić information content (AvgIpc) is 2.36. The fourth-order valence-corrected chi connectivity index (χ4v) is 5.22. The quantitative estimate of drug-likeness (QED) is 0.887. The summed E-state index contributed by atoms with van der Waals surface area (Å²) in [5.41, 5.74) is 1.18. The van der Waals surface area contributed by atoms with Crippen LogP contribution in [0.5, 0.6) is 0 Å². The van der Waals surface area contributed by atoms with Crippen LogP contribution in [-0.4, -0.2) is 21.6 Å². The van der Waals surface area contributed by atoms with E-state index < -0.39 is 5.97 Å².